The minimum Gasteiger partial charge on any atom is -0.377 e. The first-order valence-corrected chi connectivity index (χ1v) is 5.37. The van der Waals surface area contributed by atoms with Gasteiger partial charge >= 0.3 is 0 Å². The number of anilines is 1. The molecular formula is C11H13FN2O2. The summed E-state index contributed by atoms with van der Waals surface area (Å²) in [5.41, 5.74) is 0.227. The van der Waals surface area contributed by atoms with Gasteiger partial charge in [-0.2, -0.15) is 0 Å². The molecule has 1 N–H and O–H groups in total. The number of nitrogens with zero attached hydrogens (tertiary/aromatic N) is 1. The molecule has 0 aliphatic heterocycles. The molecule has 0 radical (unpaired) electrons. The summed E-state index contributed by atoms with van der Waals surface area (Å²) in [5, 5.41) is 13.8. The molecule has 86 valence electrons. The molecule has 0 spiro atoms. The predicted octanol–water partition coefficient (Wildman–Crippen LogP) is 3.09. The first-order valence-electron chi connectivity index (χ1n) is 5.37. The fraction of sp³-hybridized carbons (Fsp3) is 0.455. The number of rotatable bonds is 3. The van der Waals surface area contributed by atoms with Crippen molar-refractivity contribution in [2.75, 3.05) is 5.32 Å². The lowest BCUT2D eigenvalue weighted by Gasteiger charge is -2.13. The Labute approximate surface area is 92.6 Å². The SMILES string of the molecule is O=[N+]([O-])c1ccc(F)cc1NC1CCCC1. The van der Waals surface area contributed by atoms with E-state index in [2.05, 4.69) is 5.32 Å². The molecule has 0 unspecified atom stereocenters. The Hall–Kier alpha value is -1.65. The number of hydrogen-bond acceptors (Lipinski definition) is 3. The number of nitro benzene ring substituents is 1. The van der Waals surface area contributed by atoms with Gasteiger partial charge in [0, 0.05) is 18.2 Å². The van der Waals surface area contributed by atoms with Gasteiger partial charge in [-0.3, -0.25) is 10.1 Å². The summed E-state index contributed by atoms with van der Waals surface area (Å²) in [5.74, 6) is -0.453. The van der Waals surface area contributed by atoms with Gasteiger partial charge in [-0.05, 0) is 18.9 Å². The highest BCUT2D eigenvalue weighted by Gasteiger charge is 2.20. The molecule has 0 saturated heterocycles. The molecule has 1 aliphatic rings. The van der Waals surface area contributed by atoms with Crippen LogP contribution in [0.25, 0.3) is 0 Å². The van der Waals surface area contributed by atoms with Gasteiger partial charge in [0.1, 0.15) is 11.5 Å². The molecule has 1 saturated carbocycles. The fourth-order valence-electron chi connectivity index (χ4n) is 2.07. The highest BCUT2D eigenvalue weighted by molar-refractivity contribution is 5.61. The average Bonchev–Trinajstić information content (AvgIpc) is 2.70. The molecule has 5 heteroatoms. The Bertz CT molecular complexity index is 403. The highest BCUT2D eigenvalue weighted by atomic mass is 19.1. The Morgan fingerprint density at radius 3 is 2.69 bits per heavy atom. The Balaban J connectivity index is 2.22. The van der Waals surface area contributed by atoms with Gasteiger partial charge in [0.15, 0.2) is 0 Å². The van der Waals surface area contributed by atoms with Gasteiger partial charge in [-0.15, -0.1) is 0 Å². The van der Waals surface area contributed by atoms with E-state index in [0.717, 1.165) is 31.7 Å². The smallest absolute Gasteiger partial charge is 0.292 e. The van der Waals surface area contributed by atoms with E-state index in [4.69, 9.17) is 0 Å². The third kappa shape index (κ3) is 2.29. The zero-order chi connectivity index (χ0) is 11.5. The van der Waals surface area contributed by atoms with Crippen LogP contribution in [0.3, 0.4) is 0 Å². The second-order valence-electron chi connectivity index (χ2n) is 4.04. The molecule has 0 bridgehead atoms. The van der Waals surface area contributed by atoms with E-state index in [1.165, 1.54) is 12.1 Å². The molecule has 1 fully saturated rings. The molecule has 16 heavy (non-hydrogen) atoms. The molecule has 0 amide bonds. The molecule has 0 atom stereocenters. The summed E-state index contributed by atoms with van der Waals surface area (Å²) in [4.78, 5) is 10.3. The monoisotopic (exact) mass is 224 g/mol. The molecule has 1 aromatic carbocycles. The normalized spacial score (nSPS) is 16.3. The molecule has 1 aliphatic carbocycles. The van der Waals surface area contributed by atoms with Crippen LogP contribution < -0.4 is 5.32 Å². The lowest BCUT2D eigenvalue weighted by molar-refractivity contribution is -0.384. The van der Waals surface area contributed by atoms with Crippen molar-refractivity contribution >= 4 is 11.4 Å². The molecule has 1 aromatic rings. The van der Waals surface area contributed by atoms with Crippen LogP contribution in [0.4, 0.5) is 15.8 Å². The number of halogens is 1. The van der Waals surface area contributed by atoms with Crippen molar-refractivity contribution in [1.82, 2.24) is 0 Å². The van der Waals surface area contributed by atoms with Gasteiger partial charge in [0.05, 0.1) is 4.92 Å². The van der Waals surface area contributed by atoms with Gasteiger partial charge in [0.25, 0.3) is 5.69 Å². The van der Waals surface area contributed by atoms with Crippen molar-refractivity contribution in [2.45, 2.75) is 31.7 Å². The van der Waals surface area contributed by atoms with Crippen LogP contribution in [0.15, 0.2) is 18.2 Å². The largest absolute Gasteiger partial charge is 0.377 e. The predicted molar refractivity (Wildman–Crippen MR) is 58.9 cm³/mol. The molecular weight excluding hydrogens is 211 g/mol. The number of nitrogens with one attached hydrogen (secondary N) is 1. The minimum atomic E-state index is -0.489. The Kier molecular flexibility index (Phi) is 3.03. The first kappa shape index (κ1) is 10.9. The maximum absolute atomic E-state index is 13.0. The van der Waals surface area contributed by atoms with E-state index in [1.807, 2.05) is 0 Å². The van der Waals surface area contributed by atoms with Crippen molar-refractivity contribution in [2.24, 2.45) is 0 Å². The molecule has 4 nitrogen and oxygen atoms in total. The quantitative estimate of drug-likeness (QED) is 0.634. The minimum absolute atomic E-state index is 0.0618. The lowest BCUT2D eigenvalue weighted by atomic mass is 10.2. The molecule has 0 heterocycles. The zero-order valence-corrected chi connectivity index (χ0v) is 8.78. The topological polar surface area (TPSA) is 55.2 Å². The van der Waals surface area contributed by atoms with Crippen LogP contribution in [-0.2, 0) is 0 Å². The van der Waals surface area contributed by atoms with Crippen LogP contribution in [-0.4, -0.2) is 11.0 Å². The second-order valence-corrected chi connectivity index (χ2v) is 4.04. The maximum Gasteiger partial charge on any atom is 0.292 e. The van der Waals surface area contributed by atoms with Crippen molar-refractivity contribution in [3.63, 3.8) is 0 Å². The number of nitro groups is 1. The van der Waals surface area contributed by atoms with Crippen molar-refractivity contribution in [3.05, 3.63) is 34.1 Å². The molecule has 0 aromatic heterocycles. The summed E-state index contributed by atoms with van der Waals surface area (Å²) in [6.07, 6.45) is 4.24. The van der Waals surface area contributed by atoms with Crippen LogP contribution in [0.5, 0.6) is 0 Å². The summed E-state index contributed by atoms with van der Waals surface area (Å²) in [6, 6.07) is 3.74. The third-order valence-electron chi connectivity index (χ3n) is 2.87. The summed E-state index contributed by atoms with van der Waals surface area (Å²) in [7, 11) is 0. The number of hydrogen-bond donors (Lipinski definition) is 1. The van der Waals surface area contributed by atoms with E-state index in [9.17, 15) is 14.5 Å². The summed E-state index contributed by atoms with van der Waals surface area (Å²) in [6.45, 7) is 0. The van der Waals surface area contributed by atoms with Gasteiger partial charge in [-0.25, -0.2) is 4.39 Å². The Morgan fingerprint density at radius 1 is 1.38 bits per heavy atom. The number of benzene rings is 1. The van der Waals surface area contributed by atoms with E-state index < -0.39 is 10.7 Å². The van der Waals surface area contributed by atoms with Gasteiger partial charge in [0.2, 0.25) is 0 Å². The Morgan fingerprint density at radius 2 is 2.06 bits per heavy atom. The van der Waals surface area contributed by atoms with Gasteiger partial charge in [-0.1, -0.05) is 12.8 Å². The first-order chi connectivity index (χ1) is 7.66. The van der Waals surface area contributed by atoms with Crippen molar-refractivity contribution in [1.29, 1.82) is 0 Å². The lowest BCUT2D eigenvalue weighted by Crippen LogP contribution is -2.15. The summed E-state index contributed by atoms with van der Waals surface area (Å²) >= 11 is 0. The van der Waals surface area contributed by atoms with E-state index in [-0.39, 0.29) is 17.4 Å². The maximum atomic E-state index is 13.0. The van der Waals surface area contributed by atoms with Crippen LogP contribution in [0.2, 0.25) is 0 Å². The fourth-order valence-corrected chi connectivity index (χ4v) is 2.07. The standard InChI is InChI=1S/C11H13FN2O2/c12-8-5-6-11(14(15)16)10(7-8)13-9-3-1-2-4-9/h5-7,9,13H,1-4H2. The summed E-state index contributed by atoms with van der Waals surface area (Å²) < 4.78 is 13.0. The highest BCUT2D eigenvalue weighted by Crippen LogP contribution is 2.29. The third-order valence-corrected chi connectivity index (χ3v) is 2.87. The van der Waals surface area contributed by atoms with E-state index in [0.29, 0.717) is 0 Å². The van der Waals surface area contributed by atoms with Crippen LogP contribution in [0, 0.1) is 15.9 Å². The van der Waals surface area contributed by atoms with E-state index >= 15 is 0 Å². The van der Waals surface area contributed by atoms with Gasteiger partial charge < -0.3 is 5.32 Å². The van der Waals surface area contributed by atoms with Crippen LogP contribution in [0.1, 0.15) is 25.7 Å². The zero-order valence-electron chi connectivity index (χ0n) is 8.78. The second kappa shape index (κ2) is 4.47. The van der Waals surface area contributed by atoms with Crippen LogP contribution >= 0.6 is 0 Å². The average molecular weight is 224 g/mol. The van der Waals surface area contributed by atoms with E-state index in [1.54, 1.807) is 0 Å². The van der Waals surface area contributed by atoms with Crippen molar-refractivity contribution in [3.8, 4) is 0 Å². The molecule has 2 rings (SSSR count). The van der Waals surface area contributed by atoms with Crippen molar-refractivity contribution < 1.29 is 9.31 Å².